The van der Waals surface area contributed by atoms with E-state index in [1.54, 1.807) is 16.7 Å². The lowest BCUT2D eigenvalue weighted by atomic mass is 9.92. The third-order valence-corrected chi connectivity index (χ3v) is 6.96. The number of rotatable bonds is 3. The maximum absolute atomic E-state index is 13.4. The summed E-state index contributed by atoms with van der Waals surface area (Å²) in [4.78, 5) is 24.6. The van der Waals surface area contributed by atoms with Crippen LogP contribution in [0.25, 0.3) is 11.3 Å². The van der Waals surface area contributed by atoms with Gasteiger partial charge in [0.15, 0.2) is 5.16 Å². The molecule has 1 atom stereocenters. The highest BCUT2D eigenvalue weighted by Crippen LogP contribution is 2.38. The highest BCUT2D eigenvalue weighted by Gasteiger charge is 2.31. The van der Waals surface area contributed by atoms with E-state index in [1.807, 2.05) is 25.3 Å². The van der Waals surface area contributed by atoms with Crippen LogP contribution in [0.3, 0.4) is 0 Å². The number of aryl methyl sites for hydroxylation is 2. The number of nitrogens with zero attached hydrogens (tertiary/aromatic N) is 3. The van der Waals surface area contributed by atoms with E-state index in [9.17, 15) is 15.0 Å². The molecule has 1 amide bonds. The van der Waals surface area contributed by atoms with Crippen LogP contribution in [0.2, 0.25) is 0 Å². The van der Waals surface area contributed by atoms with Gasteiger partial charge in [-0.2, -0.15) is 0 Å². The van der Waals surface area contributed by atoms with E-state index in [4.69, 9.17) is 9.97 Å². The molecule has 1 aliphatic heterocycles. The number of amides is 1. The molecule has 7 heteroatoms. The average molecular weight is 448 g/mol. The van der Waals surface area contributed by atoms with Crippen LogP contribution in [0.4, 0.5) is 5.69 Å². The molecule has 5 rings (SSSR count). The van der Waals surface area contributed by atoms with Gasteiger partial charge in [-0.25, -0.2) is 9.97 Å². The zero-order valence-corrected chi connectivity index (χ0v) is 18.9. The van der Waals surface area contributed by atoms with Gasteiger partial charge < -0.3 is 15.1 Å². The van der Waals surface area contributed by atoms with Crippen molar-refractivity contribution in [1.82, 2.24) is 9.97 Å². The van der Waals surface area contributed by atoms with Crippen LogP contribution in [-0.2, 0) is 19.3 Å². The predicted octanol–water partition coefficient (Wildman–Crippen LogP) is 4.75. The molecular weight excluding hydrogens is 422 g/mol. The van der Waals surface area contributed by atoms with Crippen LogP contribution in [-0.4, -0.2) is 38.4 Å². The highest BCUT2D eigenvalue weighted by atomic mass is 32.2. The van der Waals surface area contributed by atoms with Crippen molar-refractivity contribution in [3.8, 4) is 22.8 Å². The molecule has 2 heterocycles. The fourth-order valence-corrected chi connectivity index (χ4v) is 5.16. The van der Waals surface area contributed by atoms with Gasteiger partial charge in [0.05, 0.1) is 11.3 Å². The van der Waals surface area contributed by atoms with E-state index in [1.165, 1.54) is 23.8 Å². The standard InChI is InChI=1S/C25H25N3O3S/c1-14-6-7-15-12-16(23-18-4-3-5-20(18)26-25(27-23)32-2)8-11-21(15)28(14)24(31)19-10-9-17(29)13-22(19)30/h8-14,29-30H,3-7H2,1-2H3/t14-/m0/s1. The quantitative estimate of drug-likeness (QED) is 0.445. The summed E-state index contributed by atoms with van der Waals surface area (Å²) in [6.45, 7) is 2.02. The Morgan fingerprint density at radius 1 is 1.09 bits per heavy atom. The smallest absolute Gasteiger partial charge is 0.262 e. The molecule has 32 heavy (non-hydrogen) atoms. The Morgan fingerprint density at radius 2 is 1.94 bits per heavy atom. The molecule has 0 saturated carbocycles. The van der Waals surface area contributed by atoms with Crippen molar-refractivity contribution in [3.05, 3.63) is 58.8 Å². The number of benzene rings is 2. The van der Waals surface area contributed by atoms with Gasteiger partial charge in [0, 0.05) is 34.6 Å². The Labute approximate surface area is 191 Å². The molecule has 0 radical (unpaired) electrons. The highest BCUT2D eigenvalue weighted by molar-refractivity contribution is 7.98. The van der Waals surface area contributed by atoms with Crippen molar-refractivity contribution < 1.29 is 15.0 Å². The van der Waals surface area contributed by atoms with E-state index in [2.05, 4.69) is 6.07 Å². The number of aromatic nitrogens is 2. The van der Waals surface area contributed by atoms with E-state index in [-0.39, 0.29) is 29.0 Å². The van der Waals surface area contributed by atoms with Crippen molar-refractivity contribution in [2.24, 2.45) is 0 Å². The molecule has 1 aromatic heterocycles. The van der Waals surface area contributed by atoms with Crippen molar-refractivity contribution in [2.45, 2.75) is 50.2 Å². The minimum Gasteiger partial charge on any atom is -0.508 e. The first-order valence-electron chi connectivity index (χ1n) is 10.9. The zero-order chi connectivity index (χ0) is 22.4. The van der Waals surface area contributed by atoms with E-state index < -0.39 is 0 Å². The molecule has 2 aliphatic rings. The molecule has 2 aromatic carbocycles. The molecule has 164 valence electrons. The number of carbonyl (C=O) groups excluding carboxylic acids is 1. The summed E-state index contributed by atoms with van der Waals surface area (Å²) in [7, 11) is 0. The first-order chi connectivity index (χ1) is 15.5. The number of aromatic hydroxyl groups is 2. The lowest BCUT2D eigenvalue weighted by molar-refractivity contribution is 0.0972. The van der Waals surface area contributed by atoms with Gasteiger partial charge in [-0.15, -0.1) is 0 Å². The third-order valence-electron chi connectivity index (χ3n) is 6.41. The monoisotopic (exact) mass is 447 g/mol. The number of phenolic OH excluding ortho intramolecular Hbond substituents is 2. The molecule has 1 aliphatic carbocycles. The summed E-state index contributed by atoms with van der Waals surface area (Å²) in [5.74, 6) is -0.554. The number of phenols is 2. The van der Waals surface area contributed by atoms with Gasteiger partial charge in [0.1, 0.15) is 11.5 Å². The Bertz CT molecular complexity index is 1230. The second kappa shape index (κ2) is 8.13. The molecular formula is C25H25N3O3S. The maximum atomic E-state index is 13.4. The Balaban J connectivity index is 1.56. The predicted molar refractivity (Wildman–Crippen MR) is 126 cm³/mol. The van der Waals surface area contributed by atoms with Gasteiger partial charge in [-0.3, -0.25) is 4.79 Å². The van der Waals surface area contributed by atoms with Crippen molar-refractivity contribution in [3.63, 3.8) is 0 Å². The largest absolute Gasteiger partial charge is 0.508 e. The lowest BCUT2D eigenvalue weighted by Crippen LogP contribution is -2.42. The molecule has 0 spiro atoms. The number of hydrogen-bond acceptors (Lipinski definition) is 6. The second-order valence-corrected chi connectivity index (χ2v) is 9.22. The maximum Gasteiger partial charge on any atom is 0.262 e. The van der Waals surface area contributed by atoms with E-state index >= 15 is 0 Å². The number of anilines is 1. The zero-order valence-electron chi connectivity index (χ0n) is 18.1. The van der Waals surface area contributed by atoms with Gasteiger partial charge in [-0.1, -0.05) is 17.8 Å². The van der Waals surface area contributed by atoms with Gasteiger partial charge >= 0.3 is 0 Å². The van der Waals surface area contributed by atoms with Gasteiger partial charge in [0.2, 0.25) is 0 Å². The van der Waals surface area contributed by atoms with Crippen LogP contribution in [0.15, 0.2) is 41.6 Å². The number of thioether (sulfide) groups is 1. The van der Waals surface area contributed by atoms with E-state index in [0.29, 0.717) is 0 Å². The van der Waals surface area contributed by atoms with Crippen LogP contribution in [0.5, 0.6) is 11.5 Å². The van der Waals surface area contributed by atoms with Crippen LogP contribution in [0, 0.1) is 0 Å². The number of fused-ring (bicyclic) bond motifs is 2. The van der Waals surface area contributed by atoms with Crippen molar-refractivity contribution in [2.75, 3.05) is 11.2 Å². The van der Waals surface area contributed by atoms with Crippen LogP contribution < -0.4 is 4.90 Å². The van der Waals surface area contributed by atoms with Crippen molar-refractivity contribution in [1.29, 1.82) is 0 Å². The number of hydrogen-bond donors (Lipinski definition) is 2. The molecule has 0 saturated heterocycles. The lowest BCUT2D eigenvalue weighted by Gasteiger charge is -2.35. The summed E-state index contributed by atoms with van der Waals surface area (Å²) in [6, 6.07) is 10.3. The SMILES string of the molecule is CSc1nc2c(c(-c3ccc4c(c3)CC[C@H](C)N4C(=O)c3ccc(O)cc3O)n1)CCC2. The normalized spacial score (nSPS) is 17.2. The Morgan fingerprint density at radius 3 is 2.72 bits per heavy atom. The Kier molecular flexibility index (Phi) is 5.29. The second-order valence-electron chi connectivity index (χ2n) is 8.45. The summed E-state index contributed by atoms with van der Waals surface area (Å²) in [5.41, 5.74) is 6.62. The first-order valence-corrected chi connectivity index (χ1v) is 12.1. The number of carbonyl (C=O) groups is 1. The summed E-state index contributed by atoms with van der Waals surface area (Å²) >= 11 is 1.56. The summed E-state index contributed by atoms with van der Waals surface area (Å²) < 4.78 is 0. The van der Waals surface area contributed by atoms with Gasteiger partial charge in [0.25, 0.3) is 5.91 Å². The first kappa shape index (κ1) is 20.8. The molecule has 0 unspecified atom stereocenters. The molecule has 2 N–H and O–H groups in total. The fraction of sp³-hybridized carbons (Fsp3) is 0.320. The Hall–Kier alpha value is -3.06. The third kappa shape index (κ3) is 3.50. The van der Waals surface area contributed by atoms with Crippen LogP contribution in [0.1, 0.15) is 46.9 Å². The van der Waals surface area contributed by atoms with Crippen molar-refractivity contribution >= 4 is 23.4 Å². The molecule has 0 bridgehead atoms. The van der Waals surface area contributed by atoms with Crippen LogP contribution >= 0.6 is 11.8 Å². The summed E-state index contributed by atoms with van der Waals surface area (Å²) in [6.07, 6.45) is 6.81. The fourth-order valence-electron chi connectivity index (χ4n) is 4.78. The van der Waals surface area contributed by atoms with Gasteiger partial charge in [-0.05, 0) is 75.1 Å². The minimum atomic E-state index is -0.267. The average Bonchev–Trinajstić information content (AvgIpc) is 3.26. The van der Waals surface area contributed by atoms with E-state index in [0.717, 1.165) is 65.5 Å². The molecule has 6 nitrogen and oxygen atoms in total. The molecule has 3 aromatic rings. The molecule has 0 fully saturated rings. The summed E-state index contributed by atoms with van der Waals surface area (Å²) in [5, 5.41) is 20.6. The topological polar surface area (TPSA) is 86.6 Å². The minimum absolute atomic E-state index is 0.000412.